The summed E-state index contributed by atoms with van der Waals surface area (Å²) < 4.78 is 29.6. The lowest BCUT2D eigenvalue weighted by Gasteiger charge is -2.33. The van der Waals surface area contributed by atoms with Gasteiger partial charge in [0, 0.05) is 31.7 Å². The van der Waals surface area contributed by atoms with E-state index >= 15 is 0 Å². The van der Waals surface area contributed by atoms with Crippen LogP contribution in [0.4, 0.5) is 0 Å². The van der Waals surface area contributed by atoms with Crippen LogP contribution in [0.5, 0.6) is 0 Å². The van der Waals surface area contributed by atoms with Gasteiger partial charge in [0.2, 0.25) is 10.0 Å². The van der Waals surface area contributed by atoms with Crippen molar-refractivity contribution < 1.29 is 8.42 Å². The fraction of sp³-hybridized carbons (Fsp3) is 0.455. The van der Waals surface area contributed by atoms with Gasteiger partial charge in [-0.1, -0.05) is 44.2 Å². The Morgan fingerprint density at radius 2 is 1.79 bits per heavy atom. The van der Waals surface area contributed by atoms with Gasteiger partial charge in [0.15, 0.2) is 5.65 Å². The summed E-state index contributed by atoms with van der Waals surface area (Å²) in [6, 6.07) is 13.5. The van der Waals surface area contributed by atoms with Crippen molar-refractivity contribution in [1.82, 2.24) is 18.8 Å². The van der Waals surface area contributed by atoms with Gasteiger partial charge in [-0.15, -0.1) is 0 Å². The number of pyridine rings is 1. The van der Waals surface area contributed by atoms with Gasteiger partial charge in [0.1, 0.15) is 11.3 Å². The lowest BCUT2D eigenvalue weighted by molar-refractivity contribution is 0.272. The summed E-state index contributed by atoms with van der Waals surface area (Å²) in [5.41, 5.74) is 2.66. The van der Waals surface area contributed by atoms with Crippen molar-refractivity contribution >= 4 is 21.2 Å². The van der Waals surface area contributed by atoms with Crippen LogP contribution >= 0.6 is 0 Å². The molecule has 1 fully saturated rings. The van der Waals surface area contributed by atoms with Gasteiger partial charge in [0.25, 0.3) is 0 Å². The minimum atomic E-state index is -3.31. The molecular formula is C22H28N4O2S. The molecule has 3 aromatic rings. The quantitative estimate of drug-likeness (QED) is 0.618. The first-order valence-electron chi connectivity index (χ1n) is 10.3. The lowest BCUT2D eigenvalue weighted by atomic mass is 10.1. The summed E-state index contributed by atoms with van der Waals surface area (Å²) in [5, 5.41) is 0. The minimum Gasteiger partial charge on any atom is -0.309 e. The van der Waals surface area contributed by atoms with E-state index < -0.39 is 10.0 Å². The predicted molar refractivity (Wildman–Crippen MR) is 115 cm³/mol. The Morgan fingerprint density at radius 1 is 1.07 bits per heavy atom. The molecule has 2 aromatic heterocycles. The smallest absolute Gasteiger partial charge is 0.218 e. The Balaban J connectivity index is 1.53. The second-order valence-electron chi connectivity index (χ2n) is 8.21. The van der Waals surface area contributed by atoms with Crippen LogP contribution in [0.1, 0.15) is 44.1 Å². The van der Waals surface area contributed by atoms with Crippen LogP contribution in [0.15, 0.2) is 48.7 Å². The molecule has 0 radical (unpaired) electrons. The van der Waals surface area contributed by atoms with Crippen molar-refractivity contribution in [3.63, 3.8) is 0 Å². The van der Waals surface area contributed by atoms with E-state index in [0.717, 1.165) is 41.8 Å². The highest BCUT2D eigenvalue weighted by Crippen LogP contribution is 2.30. The second kappa shape index (κ2) is 8.24. The summed E-state index contributed by atoms with van der Waals surface area (Å²) in [6.45, 7) is 5.45. The molecule has 6 nitrogen and oxygen atoms in total. The molecule has 1 aromatic carbocycles. The highest BCUT2D eigenvalue weighted by atomic mass is 32.2. The number of fused-ring (bicyclic) bond motifs is 1. The molecule has 0 saturated carbocycles. The molecule has 0 bridgehead atoms. The van der Waals surface area contributed by atoms with E-state index in [2.05, 4.69) is 23.4 Å². The third-order valence-electron chi connectivity index (χ3n) is 5.49. The standard InChI is InChI=1S/C22H28N4O2S/c1-17(2)15-21-24-20-9-6-12-23-22(20)26(21)19-10-13-25(14-11-19)29(27,28)16-18-7-4-3-5-8-18/h3-9,12,17,19H,10-11,13-16H2,1-2H3. The first-order chi connectivity index (χ1) is 13.9. The van der Waals surface area contributed by atoms with Crippen molar-refractivity contribution in [1.29, 1.82) is 0 Å². The van der Waals surface area contributed by atoms with Crippen LogP contribution in [-0.2, 0) is 22.2 Å². The van der Waals surface area contributed by atoms with E-state index in [9.17, 15) is 8.42 Å². The first kappa shape index (κ1) is 20.0. The van der Waals surface area contributed by atoms with E-state index in [1.165, 1.54) is 0 Å². The molecule has 1 saturated heterocycles. The molecule has 3 heterocycles. The highest BCUT2D eigenvalue weighted by Gasteiger charge is 2.30. The van der Waals surface area contributed by atoms with Crippen LogP contribution in [0.25, 0.3) is 11.2 Å². The number of piperidine rings is 1. The largest absolute Gasteiger partial charge is 0.309 e. The minimum absolute atomic E-state index is 0.0622. The maximum Gasteiger partial charge on any atom is 0.218 e. The Labute approximate surface area is 172 Å². The summed E-state index contributed by atoms with van der Waals surface area (Å²) in [6.07, 6.45) is 4.25. The maximum atomic E-state index is 12.9. The summed E-state index contributed by atoms with van der Waals surface area (Å²) in [4.78, 5) is 9.40. The molecule has 7 heteroatoms. The zero-order valence-corrected chi connectivity index (χ0v) is 17.8. The Morgan fingerprint density at radius 3 is 2.48 bits per heavy atom. The summed E-state index contributed by atoms with van der Waals surface area (Å²) in [5.74, 6) is 1.61. The molecule has 154 valence electrons. The van der Waals surface area contributed by atoms with Gasteiger partial charge in [0.05, 0.1) is 5.75 Å². The number of hydrogen-bond donors (Lipinski definition) is 0. The van der Waals surface area contributed by atoms with E-state index in [1.807, 2.05) is 42.5 Å². The normalized spacial score (nSPS) is 16.7. The summed E-state index contributed by atoms with van der Waals surface area (Å²) in [7, 11) is -3.31. The van der Waals surface area contributed by atoms with Crippen LogP contribution in [0.3, 0.4) is 0 Å². The topological polar surface area (TPSA) is 68.1 Å². The molecule has 29 heavy (non-hydrogen) atoms. The number of rotatable bonds is 6. The Hall–Kier alpha value is -2.25. The zero-order chi connectivity index (χ0) is 20.4. The third-order valence-corrected chi connectivity index (χ3v) is 7.34. The Bertz CT molecular complexity index is 1070. The van der Waals surface area contributed by atoms with Crippen LogP contribution in [-0.4, -0.2) is 40.3 Å². The molecule has 0 aliphatic carbocycles. The van der Waals surface area contributed by atoms with Gasteiger partial charge in [-0.3, -0.25) is 0 Å². The molecule has 1 aliphatic heterocycles. The molecule has 0 unspecified atom stereocenters. The van der Waals surface area contributed by atoms with Crippen molar-refractivity contribution in [2.75, 3.05) is 13.1 Å². The molecule has 0 spiro atoms. The van der Waals surface area contributed by atoms with E-state index in [0.29, 0.717) is 19.0 Å². The second-order valence-corrected chi connectivity index (χ2v) is 10.2. The number of hydrogen-bond acceptors (Lipinski definition) is 4. The molecule has 4 rings (SSSR count). The first-order valence-corrected chi connectivity index (χ1v) is 11.9. The third kappa shape index (κ3) is 4.36. The molecule has 0 amide bonds. The van der Waals surface area contributed by atoms with E-state index in [1.54, 1.807) is 10.5 Å². The van der Waals surface area contributed by atoms with Gasteiger partial charge in [-0.2, -0.15) is 0 Å². The molecule has 1 aliphatic rings. The molecular weight excluding hydrogens is 384 g/mol. The molecule has 0 atom stereocenters. The van der Waals surface area contributed by atoms with Gasteiger partial charge >= 0.3 is 0 Å². The maximum absolute atomic E-state index is 12.9. The van der Waals surface area contributed by atoms with Crippen LogP contribution in [0.2, 0.25) is 0 Å². The fourth-order valence-electron chi connectivity index (χ4n) is 4.12. The van der Waals surface area contributed by atoms with Crippen LogP contribution in [0, 0.1) is 5.92 Å². The number of imidazole rings is 1. The average molecular weight is 413 g/mol. The number of sulfonamides is 1. The zero-order valence-electron chi connectivity index (χ0n) is 17.0. The lowest BCUT2D eigenvalue weighted by Crippen LogP contribution is -2.40. The fourth-order valence-corrected chi connectivity index (χ4v) is 5.69. The number of benzene rings is 1. The number of nitrogens with zero attached hydrogens (tertiary/aromatic N) is 4. The van der Waals surface area contributed by atoms with Crippen molar-refractivity contribution in [2.45, 2.75) is 44.9 Å². The van der Waals surface area contributed by atoms with Crippen molar-refractivity contribution in [3.8, 4) is 0 Å². The number of aromatic nitrogens is 3. The van der Waals surface area contributed by atoms with Gasteiger partial charge in [-0.05, 0) is 36.5 Å². The van der Waals surface area contributed by atoms with E-state index in [-0.39, 0.29) is 11.8 Å². The van der Waals surface area contributed by atoms with Gasteiger partial charge in [-0.25, -0.2) is 22.7 Å². The van der Waals surface area contributed by atoms with Crippen molar-refractivity contribution in [3.05, 3.63) is 60.0 Å². The molecule has 0 N–H and O–H groups in total. The average Bonchev–Trinajstić information content (AvgIpc) is 3.05. The van der Waals surface area contributed by atoms with Crippen molar-refractivity contribution in [2.24, 2.45) is 5.92 Å². The van der Waals surface area contributed by atoms with E-state index in [4.69, 9.17) is 4.98 Å². The van der Waals surface area contributed by atoms with Crippen LogP contribution < -0.4 is 0 Å². The SMILES string of the molecule is CC(C)Cc1nc2cccnc2n1C1CCN(S(=O)(=O)Cc2ccccc2)CC1. The monoisotopic (exact) mass is 412 g/mol. The predicted octanol–water partition coefficient (Wildman–Crippen LogP) is 3.80. The van der Waals surface area contributed by atoms with Gasteiger partial charge < -0.3 is 4.57 Å². The Kier molecular flexibility index (Phi) is 5.69. The highest BCUT2D eigenvalue weighted by molar-refractivity contribution is 7.88. The summed E-state index contributed by atoms with van der Waals surface area (Å²) >= 11 is 0.